The quantitative estimate of drug-likeness (QED) is 0.786. The van der Waals surface area contributed by atoms with E-state index < -0.39 is 0 Å². The molecule has 0 aliphatic carbocycles. The number of fused-ring (bicyclic) bond motifs is 1. The molecule has 0 saturated carbocycles. The summed E-state index contributed by atoms with van der Waals surface area (Å²) in [5.74, 6) is 0.561. The second-order valence-corrected chi connectivity index (χ2v) is 3.30. The van der Waals surface area contributed by atoms with E-state index >= 15 is 0 Å². The van der Waals surface area contributed by atoms with Crippen LogP contribution in [0, 0.1) is 6.92 Å². The Labute approximate surface area is 86.1 Å². The van der Waals surface area contributed by atoms with Gasteiger partial charge in [-0.2, -0.15) is 0 Å². The van der Waals surface area contributed by atoms with Gasteiger partial charge in [-0.3, -0.25) is 4.79 Å². The molecule has 2 rings (SSSR count). The highest BCUT2D eigenvalue weighted by Gasteiger charge is 2.03. The molecule has 1 N–H and O–H groups in total. The van der Waals surface area contributed by atoms with Crippen molar-refractivity contribution >= 4 is 11.0 Å². The minimum atomic E-state index is -0.151. The van der Waals surface area contributed by atoms with Crippen LogP contribution in [0.2, 0.25) is 0 Å². The van der Waals surface area contributed by atoms with Crippen LogP contribution in [0.5, 0.6) is 0 Å². The van der Waals surface area contributed by atoms with Gasteiger partial charge in [0.15, 0.2) is 5.82 Å². The van der Waals surface area contributed by atoms with Gasteiger partial charge in [0.2, 0.25) is 5.56 Å². The van der Waals surface area contributed by atoms with Gasteiger partial charge in [-0.25, -0.2) is 9.97 Å². The number of pyridine rings is 1. The SMILES string of the molecule is COCc1ncc2c(C)cc(=O)[nH]c2n1. The zero-order valence-corrected chi connectivity index (χ0v) is 8.57. The number of rotatable bonds is 2. The summed E-state index contributed by atoms with van der Waals surface area (Å²) in [5, 5.41) is 0.856. The first-order valence-corrected chi connectivity index (χ1v) is 4.55. The lowest BCUT2D eigenvalue weighted by Gasteiger charge is -2.02. The highest BCUT2D eigenvalue weighted by Crippen LogP contribution is 2.10. The van der Waals surface area contributed by atoms with Crippen molar-refractivity contribution in [1.82, 2.24) is 15.0 Å². The minimum absolute atomic E-state index is 0.151. The van der Waals surface area contributed by atoms with E-state index in [1.165, 1.54) is 6.07 Å². The lowest BCUT2D eigenvalue weighted by molar-refractivity contribution is 0.178. The van der Waals surface area contributed by atoms with Crippen LogP contribution in [0.25, 0.3) is 11.0 Å². The zero-order chi connectivity index (χ0) is 10.8. The summed E-state index contributed by atoms with van der Waals surface area (Å²) in [4.78, 5) is 22.2. The van der Waals surface area contributed by atoms with Gasteiger partial charge < -0.3 is 9.72 Å². The molecule has 2 aromatic rings. The van der Waals surface area contributed by atoms with Crippen molar-refractivity contribution in [3.63, 3.8) is 0 Å². The standard InChI is InChI=1S/C10H11N3O2/c1-6-3-9(14)13-10-7(6)4-11-8(12-10)5-15-2/h3-4H,5H2,1-2H3,(H,11,12,13,14). The Kier molecular flexibility index (Phi) is 2.47. The summed E-state index contributed by atoms with van der Waals surface area (Å²) >= 11 is 0. The van der Waals surface area contributed by atoms with Crippen molar-refractivity contribution in [2.75, 3.05) is 7.11 Å². The first-order chi connectivity index (χ1) is 7.20. The van der Waals surface area contributed by atoms with Crippen LogP contribution < -0.4 is 5.56 Å². The molecule has 0 atom stereocenters. The highest BCUT2D eigenvalue weighted by molar-refractivity contribution is 5.76. The topological polar surface area (TPSA) is 67.9 Å². The van der Waals surface area contributed by atoms with E-state index in [1.807, 2.05) is 6.92 Å². The molecular formula is C10H11N3O2. The molecule has 2 heterocycles. The number of nitrogens with one attached hydrogen (secondary N) is 1. The Morgan fingerprint density at radius 1 is 1.53 bits per heavy atom. The number of aryl methyl sites for hydroxylation is 1. The molecule has 78 valence electrons. The Hall–Kier alpha value is -1.75. The van der Waals surface area contributed by atoms with Gasteiger partial charge in [0.25, 0.3) is 0 Å². The molecule has 0 fully saturated rings. The van der Waals surface area contributed by atoms with Crippen LogP contribution in [-0.4, -0.2) is 22.1 Å². The zero-order valence-electron chi connectivity index (χ0n) is 8.57. The molecule has 0 unspecified atom stereocenters. The minimum Gasteiger partial charge on any atom is -0.377 e. The van der Waals surface area contributed by atoms with Gasteiger partial charge in [-0.05, 0) is 12.5 Å². The third kappa shape index (κ3) is 1.87. The van der Waals surface area contributed by atoms with Crippen LogP contribution in [0.15, 0.2) is 17.1 Å². The fourth-order valence-corrected chi connectivity index (χ4v) is 1.43. The number of H-pyrrole nitrogens is 1. The molecule has 0 radical (unpaired) electrons. The van der Waals surface area contributed by atoms with E-state index in [0.29, 0.717) is 18.1 Å². The van der Waals surface area contributed by atoms with Crippen molar-refractivity contribution in [2.45, 2.75) is 13.5 Å². The smallest absolute Gasteiger partial charge is 0.249 e. The van der Waals surface area contributed by atoms with Crippen LogP contribution in [-0.2, 0) is 11.3 Å². The monoisotopic (exact) mass is 205 g/mol. The van der Waals surface area contributed by atoms with E-state index in [0.717, 1.165) is 10.9 Å². The van der Waals surface area contributed by atoms with Gasteiger partial charge in [-0.15, -0.1) is 0 Å². The largest absolute Gasteiger partial charge is 0.377 e. The first-order valence-electron chi connectivity index (χ1n) is 4.55. The van der Waals surface area contributed by atoms with Gasteiger partial charge in [-0.1, -0.05) is 0 Å². The summed E-state index contributed by atoms with van der Waals surface area (Å²) in [6.45, 7) is 2.20. The van der Waals surface area contributed by atoms with E-state index in [9.17, 15) is 4.79 Å². The molecule has 5 heteroatoms. The second kappa shape index (κ2) is 3.78. The molecule has 0 spiro atoms. The number of hydrogen-bond acceptors (Lipinski definition) is 4. The average molecular weight is 205 g/mol. The van der Waals surface area contributed by atoms with Gasteiger partial charge in [0, 0.05) is 24.8 Å². The molecule has 0 aliphatic heterocycles. The summed E-state index contributed by atoms with van der Waals surface area (Å²) in [5.41, 5.74) is 1.28. The molecule has 0 aromatic carbocycles. The number of ether oxygens (including phenoxy) is 1. The number of aromatic amines is 1. The van der Waals surface area contributed by atoms with Crippen LogP contribution in [0.4, 0.5) is 0 Å². The maximum Gasteiger partial charge on any atom is 0.249 e. The Bertz CT molecular complexity index is 548. The third-order valence-corrected chi connectivity index (χ3v) is 2.13. The van der Waals surface area contributed by atoms with Gasteiger partial charge >= 0.3 is 0 Å². The van der Waals surface area contributed by atoms with Crippen molar-refractivity contribution < 1.29 is 4.74 Å². The second-order valence-electron chi connectivity index (χ2n) is 3.30. The van der Waals surface area contributed by atoms with Crippen molar-refractivity contribution in [2.24, 2.45) is 0 Å². The number of aromatic nitrogens is 3. The van der Waals surface area contributed by atoms with Crippen LogP contribution in [0.3, 0.4) is 0 Å². The summed E-state index contributed by atoms with van der Waals surface area (Å²) in [6, 6.07) is 1.53. The summed E-state index contributed by atoms with van der Waals surface area (Å²) in [6.07, 6.45) is 1.70. The molecule has 15 heavy (non-hydrogen) atoms. The fourth-order valence-electron chi connectivity index (χ4n) is 1.43. The maximum absolute atomic E-state index is 11.2. The molecule has 0 amide bonds. The van der Waals surface area contributed by atoms with Gasteiger partial charge in [0.05, 0.1) is 0 Å². The molecule has 2 aromatic heterocycles. The molecule has 0 aliphatic rings. The Balaban J connectivity index is 2.65. The predicted octanol–water partition coefficient (Wildman–Crippen LogP) is 0.773. The van der Waals surface area contributed by atoms with Crippen molar-refractivity contribution in [1.29, 1.82) is 0 Å². The molecule has 0 bridgehead atoms. The Morgan fingerprint density at radius 2 is 2.33 bits per heavy atom. The fraction of sp³-hybridized carbons (Fsp3) is 0.300. The predicted molar refractivity (Wildman–Crippen MR) is 55.6 cm³/mol. The van der Waals surface area contributed by atoms with E-state index in [-0.39, 0.29) is 5.56 Å². The Morgan fingerprint density at radius 3 is 3.07 bits per heavy atom. The normalized spacial score (nSPS) is 10.8. The number of nitrogens with zero attached hydrogens (tertiary/aromatic N) is 2. The van der Waals surface area contributed by atoms with Crippen LogP contribution >= 0.6 is 0 Å². The molecule has 5 nitrogen and oxygen atoms in total. The lowest BCUT2D eigenvalue weighted by Crippen LogP contribution is -2.08. The maximum atomic E-state index is 11.2. The number of hydrogen-bond donors (Lipinski definition) is 1. The summed E-state index contributed by atoms with van der Waals surface area (Å²) < 4.78 is 4.92. The van der Waals surface area contributed by atoms with E-state index in [2.05, 4.69) is 15.0 Å². The molecule has 0 saturated heterocycles. The molecular weight excluding hydrogens is 194 g/mol. The summed E-state index contributed by atoms with van der Waals surface area (Å²) in [7, 11) is 1.58. The first kappa shape index (κ1) is 9.79. The third-order valence-electron chi connectivity index (χ3n) is 2.13. The van der Waals surface area contributed by atoms with Crippen LogP contribution in [0.1, 0.15) is 11.4 Å². The van der Waals surface area contributed by atoms with E-state index in [4.69, 9.17) is 4.74 Å². The van der Waals surface area contributed by atoms with Crippen molar-refractivity contribution in [3.8, 4) is 0 Å². The van der Waals surface area contributed by atoms with Gasteiger partial charge in [0.1, 0.15) is 12.3 Å². The van der Waals surface area contributed by atoms with E-state index in [1.54, 1.807) is 13.3 Å². The number of methoxy groups -OCH3 is 1. The van der Waals surface area contributed by atoms with Crippen molar-refractivity contribution in [3.05, 3.63) is 34.0 Å². The highest BCUT2D eigenvalue weighted by atomic mass is 16.5. The average Bonchev–Trinajstić information content (AvgIpc) is 2.17. The lowest BCUT2D eigenvalue weighted by atomic mass is 10.2.